The van der Waals surface area contributed by atoms with Crippen LogP contribution in [0, 0.1) is 16.0 Å². The zero-order valence-electron chi connectivity index (χ0n) is 18.1. The molecule has 4 aromatic rings. The first-order chi connectivity index (χ1) is 16.6. The van der Waals surface area contributed by atoms with Gasteiger partial charge in [0.05, 0.1) is 17.1 Å². The Morgan fingerprint density at radius 2 is 1.65 bits per heavy atom. The van der Waals surface area contributed by atoms with Crippen molar-refractivity contribution in [2.75, 3.05) is 0 Å². The Morgan fingerprint density at radius 3 is 2.29 bits per heavy atom. The number of carbonyl (C=O) groups excluding carboxylic acids is 1. The molecule has 0 radical (unpaired) electrons. The zero-order chi connectivity index (χ0) is 23.5. The van der Waals surface area contributed by atoms with Crippen LogP contribution in [0.4, 0.5) is 5.69 Å². The third-order valence-electron chi connectivity index (χ3n) is 6.19. The van der Waals surface area contributed by atoms with E-state index in [2.05, 4.69) is 34.8 Å². The van der Waals surface area contributed by atoms with Gasteiger partial charge in [0.2, 0.25) is 5.91 Å². The average molecular weight is 451 g/mol. The molecule has 1 atom stereocenters. The second-order valence-electron chi connectivity index (χ2n) is 8.20. The highest BCUT2D eigenvalue weighted by Crippen LogP contribution is 2.58. The van der Waals surface area contributed by atoms with E-state index in [0.717, 1.165) is 11.1 Å². The lowest BCUT2D eigenvalue weighted by molar-refractivity contribution is -0.384. The number of nitro benzene ring substituents is 1. The molecule has 1 fully saturated rings. The Bertz CT molecular complexity index is 1320. The predicted octanol–water partition coefficient (Wildman–Crippen LogP) is 5.31. The highest BCUT2D eigenvalue weighted by atomic mass is 16.6. The van der Waals surface area contributed by atoms with Gasteiger partial charge in [0.15, 0.2) is 0 Å². The number of nitrogens with one attached hydrogen (secondary N) is 1. The van der Waals surface area contributed by atoms with Crippen molar-refractivity contribution >= 4 is 17.8 Å². The number of carbonyl (C=O) groups is 1. The molecule has 1 heterocycles. The highest BCUT2D eigenvalue weighted by Gasteiger charge is 2.60. The van der Waals surface area contributed by atoms with E-state index < -0.39 is 4.92 Å². The number of nitro groups is 1. The first-order valence-electron chi connectivity index (χ1n) is 10.9. The maximum atomic E-state index is 13.0. The van der Waals surface area contributed by atoms with E-state index in [-0.39, 0.29) is 22.9 Å². The van der Waals surface area contributed by atoms with Crippen LogP contribution in [0.3, 0.4) is 0 Å². The van der Waals surface area contributed by atoms with E-state index in [4.69, 9.17) is 4.42 Å². The second kappa shape index (κ2) is 8.78. The number of furan rings is 1. The zero-order valence-corrected chi connectivity index (χ0v) is 18.1. The van der Waals surface area contributed by atoms with Gasteiger partial charge in [0, 0.05) is 23.1 Å². The molecule has 1 amide bonds. The summed E-state index contributed by atoms with van der Waals surface area (Å²) in [6.45, 7) is 0. The molecule has 7 nitrogen and oxygen atoms in total. The molecule has 168 valence electrons. The Labute approximate surface area is 195 Å². The summed E-state index contributed by atoms with van der Waals surface area (Å²) in [6.07, 6.45) is 2.13. The first kappa shape index (κ1) is 21.3. The van der Waals surface area contributed by atoms with Crippen LogP contribution >= 0.6 is 0 Å². The van der Waals surface area contributed by atoms with Crippen molar-refractivity contribution in [2.45, 2.75) is 11.8 Å². The molecule has 0 aliphatic heterocycles. The summed E-state index contributed by atoms with van der Waals surface area (Å²) < 4.78 is 5.72. The number of rotatable bonds is 7. The Balaban J connectivity index is 1.29. The lowest BCUT2D eigenvalue weighted by Crippen LogP contribution is -2.25. The number of benzene rings is 3. The van der Waals surface area contributed by atoms with Gasteiger partial charge in [-0.15, -0.1) is 0 Å². The minimum atomic E-state index is -0.451. The van der Waals surface area contributed by atoms with Gasteiger partial charge in [-0.25, -0.2) is 5.43 Å². The molecule has 7 heteroatoms. The summed E-state index contributed by atoms with van der Waals surface area (Å²) in [4.78, 5) is 23.5. The molecule has 1 aliphatic rings. The molecule has 3 aromatic carbocycles. The summed E-state index contributed by atoms with van der Waals surface area (Å²) in [5, 5.41) is 15.1. The highest BCUT2D eigenvalue weighted by molar-refractivity contribution is 5.87. The molecule has 0 saturated heterocycles. The van der Waals surface area contributed by atoms with Crippen molar-refractivity contribution in [1.29, 1.82) is 0 Å². The maximum absolute atomic E-state index is 13.0. The number of hydrogen-bond donors (Lipinski definition) is 1. The van der Waals surface area contributed by atoms with E-state index >= 15 is 0 Å². The van der Waals surface area contributed by atoms with Crippen LogP contribution in [0.5, 0.6) is 0 Å². The third kappa shape index (κ3) is 3.99. The van der Waals surface area contributed by atoms with Crippen molar-refractivity contribution in [1.82, 2.24) is 5.43 Å². The summed E-state index contributed by atoms with van der Waals surface area (Å²) in [5.41, 5.74) is 5.08. The maximum Gasteiger partial charge on any atom is 0.270 e. The van der Waals surface area contributed by atoms with Gasteiger partial charge < -0.3 is 4.42 Å². The summed E-state index contributed by atoms with van der Waals surface area (Å²) in [6, 6.07) is 29.7. The fourth-order valence-electron chi connectivity index (χ4n) is 4.44. The SMILES string of the molecule is O=C(N/N=C/c1ccc(-c2cccc([N+](=O)[O-])c2)o1)C1CC1(c1ccccc1)c1ccccc1. The standard InChI is InChI=1S/C27H21N3O4/c31-26(24-17-27(24,20-9-3-1-4-10-20)21-11-5-2-6-12-21)29-28-18-23-14-15-25(34-23)19-8-7-13-22(16-19)30(32)33/h1-16,18,24H,17H2,(H,29,31)/b28-18+. The summed E-state index contributed by atoms with van der Waals surface area (Å²) >= 11 is 0. The first-order valence-corrected chi connectivity index (χ1v) is 10.9. The smallest absolute Gasteiger partial charge is 0.270 e. The molecule has 5 rings (SSSR count). The van der Waals surface area contributed by atoms with E-state index in [1.165, 1.54) is 18.3 Å². The Kier molecular flexibility index (Phi) is 5.51. The normalized spacial score (nSPS) is 16.3. The van der Waals surface area contributed by atoms with E-state index in [0.29, 0.717) is 23.5 Å². The van der Waals surface area contributed by atoms with Gasteiger partial charge in [0.25, 0.3) is 5.69 Å². The largest absolute Gasteiger partial charge is 0.455 e. The number of amides is 1. The van der Waals surface area contributed by atoms with Crippen LogP contribution in [0.2, 0.25) is 0 Å². The Hall–Kier alpha value is -4.52. The molecular formula is C27H21N3O4. The van der Waals surface area contributed by atoms with Crippen LogP contribution in [-0.4, -0.2) is 17.0 Å². The lowest BCUT2D eigenvalue weighted by Gasteiger charge is -2.18. The van der Waals surface area contributed by atoms with Crippen molar-refractivity contribution < 1.29 is 14.1 Å². The second-order valence-corrected chi connectivity index (χ2v) is 8.20. The fourth-order valence-corrected chi connectivity index (χ4v) is 4.44. The Morgan fingerprint density at radius 1 is 0.971 bits per heavy atom. The van der Waals surface area contributed by atoms with E-state index in [1.807, 2.05) is 36.4 Å². The molecule has 1 aliphatic carbocycles. The van der Waals surface area contributed by atoms with Crippen LogP contribution in [0.1, 0.15) is 23.3 Å². The van der Waals surface area contributed by atoms with Crippen LogP contribution in [0.25, 0.3) is 11.3 Å². The fraction of sp³-hybridized carbons (Fsp3) is 0.111. The van der Waals surface area contributed by atoms with E-state index in [9.17, 15) is 14.9 Å². The van der Waals surface area contributed by atoms with Crippen molar-refractivity contribution in [3.63, 3.8) is 0 Å². The molecule has 34 heavy (non-hydrogen) atoms. The van der Waals surface area contributed by atoms with E-state index in [1.54, 1.807) is 24.3 Å². The molecule has 1 aromatic heterocycles. The molecule has 0 bridgehead atoms. The van der Waals surface area contributed by atoms with Crippen molar-refractivity contribution in [3.8, 4) is 11.3 Å². The molecule has 0 spiro atoms. The molecular weight excluding hydrogens is 430 g/mol. The third-order valence-corrected chi connectivity index (χ3v) is 6.19. The number of nitrogens with zero attached hydrogens (tertiary/aromatic N) is 2. The minimum absolute atomic E-state index is 0.0128. The average Bonchev–Trinajstić information content (AvgIpc) is 3.48. The topological polar surface area (TPSA) is 97.7 Å². The van der Waals surface area contributed by atoms with Crippen LogP contribution in [-0.2, 0) is 10.2 Å². The summed E-state index contributed by atoms with van der Waals surface area (Å²) in [7, 11) is 0. The van der Waals surface area contributed by atoms with Crippen molar-refractivity contribution in [2.24, 2.45) is 11.0 Å². The van der Waals surface area contributed by atoms with Gasteiger partial charge in [-0.2, -0.15) is 5.10 Å². The molecule has 1 unspecified atom stereocenters. The lowest BCUT2D eigenvalue weighted by atomic mass is 9.85. The van der Waals surface area contributed by atoms with Gasteiger partial charge >= 0.3 is 0 Å². The monoisotopic (exact) mass is 451 g/mol. The van der Waals surface area contributed by atoms with Gasteiger partial charge in [-0.3, -0.25) is 14.9 Å². The van der Waals surface area contributed by atoms with Gasteiger partial charge in [0.1, 0.15) is 11.5 Å². The number of non-ortho nitro benzene ring substituents is 1. The summed E-state index contributed by atoms with van der Waals surface area (Å²) in [5.74, 6) is 0.515. The van der Waals surface area contributed by atoms with Crippen LogP contribution in [0.15, 0.2) is 107 Å². The molecule has 1 N–H and O–H groups in total. The molecule has 1 saturated carbocycles. The van der Waals surface area contributed by atoms with Crippen molar-refractivity contribution in [3.05, 3.63) is 124 Å². The number of hydrazone groups is 1. The van der Waals surface area contributed by atoms with Crippen LogP contribution < -0.4 is 5.43 Å². The predicted molar refractivity (Wildman–Crippen MR) is 128 cm³/mol. The minimum Gasteiger partial charge on any atom is -0.455 e. The van der Waals surface area contributed by atoms with Gasteiger partial charge in [-0.05, 0) is 29.7 Å². The number of hydrogen-bond acceptors (Lipinski definition) is 5. The quantitative estimate of drug-likeness (QED) is 0.234. The van der Waals surface area contributed by atoms with Gasteiger partial charge in [-0.1, -0.05) is 72.8 Å².